The number of amides is 1. The van der Waals surface area contributed by atoms with Crippen molar-refractivity contribution in [1.29, 1.82) is 0 Å². The Morgan fingerprint density at radius 1 is 1.04 bits per heavy atom. The molecule has 0 heterocycles. The monoisotopic (exact) mass is 368 g/mol. The molecule has 1 atom stereocenters. The number of carbonyl (C=O) groups is 3. The minimum atomic E-state index is -1.65. The maximum Gasteiger partial charge on any atom is 0.395 e. The van der Waals surface area contributed by atoms with Crippen molar-refractivity contribution >= 4 is 29.2 Å². The van der Waals surface area contributed by atoms with Crippen LogP contribution < -0.4 is 10.6 Å². The highest BCUT2D eigenvalue weighted by Gasteiger charge is 2.31. The lowest BCUT2D eigenvalue weighted by atomic mass is 9.82. The average molecular weight is 368 g/mol. The standard InChI is InChI=1S/C20H20N2O5/c21-11-12-8-9-13-4-3-7-17(15(13)10-12)22(18(23)20(26)27)16-6-2-1-5-14(16)19(24)25/h1-7,12H,8-11,21H2,(H,24,25)(H,26,27). The van der Waals surface area contributed by atoms with Crippen molar-refractivity contribution in [1.82, 2.24) is 0 Å². The third-order valence-electron chi connectivity index (χ3n) is 4.90. The van der Waals surface area contributed by atoms with Crippen LogP contribution in [0.2, 0.25) is 0 Å². The number of aryl methyl sites for hydroxylation is 1. The van der Waals surface area contributed by atoms with E-state index in [2.05, 4.69) is 0 Å². The van der Waals surface area contributed by atoms with Gasteiger partial charge in [0.05, 0.1) is 16.9 Å². The number of carboxylic acid groups (broad SMARTS) is 2. The molecular formula is C20H20N2O5. The highest BCUT2D eigenvalue weighted by Crippen LogP contribution is 2.37. The van der Waals surface area contributed by atoms with E-state index in [0.29, 0.717) is 18.7 Å². The van der Waals surface area contributed by atoms with Gasteiger partial charge >= 0.3 is 17.8 Å². The Morgan fingerprint density at radius 2 is 1.74 bits per heavy atom. The molecule has 1 aliphatic carbocycles. The largest absolute Gasteiger partial charge is 0.478 e. The molecule has 7 heteroatoms. The van der Waals surface area contributed by atoms with Gasteiger partial charge in [-0.3, -0.25) is 9.69 Å². The van der Waals surface area contributed by atoms with E-state index in [4.69, 9.17) is 5.73 Å². The third kappa shape index (κ3) is 3.54. The van der Waals surface area contributed by atoms with Gasteiger partial charge in [-0.2, -0.15) is 0 Å². The minimum Gasteiger partial charge on any atom is -0.478 e. The number of fused-ring (bicyclic) bond motifs is 1. The van der Waals surface area contributed by atoms with Gasteiger partial charge in [0.15, 0.2) is 0 Å². The summed E-state index contributed by atoms with van der Waals surface area (Å²) in [6, 6.07) is 11.2. The molecular weight excluding hydrogens is 348 g/mol. The van der Waals surface area contributed by atoms with Gasteiger partial charge in [-0.15, -0.1) is 0 Å². The summed E-state index contributed by atoms with van der Waals surface area (Å²) in [7, 11) is 0. The zero-order chi connectivity index (χ0) is 19.6. The molecule has 3 rings (SSSR count). The van der Waals surface area contributed by atoms with Crippen LogP contribution in [0, 0.1) is 5.92 Å². The van der Waals surface area contributed by atoms with E-state index in [-0.39, 0.29) is 17.2 Å². The predicted octanol–water partition coefficient (Wildman–Crippen LogP) is 2.20. The van der Waals surface area contributed by atoms with E-state index < -0.39 is 17.8 Å². The Balaban J connectivity index is 2.22. The number of hydrogen-bond donors (Lipinski definition) is 3. The number of para-hydroxylation sites is 1. The zero-order valence-corrected chi connectivity index (χ0v) is 14.6. The number of anilines is 2. The highest BCUT2D eigenvalue weighted by molar-refractivity contribution is 6.39. The summed E-state index contributed by atoms with van der Waals surface area (Å²) in [6.45, 7) is 0.492. The van der Waals surface area contributed by atoms with Crippen LogP contribution in [0.5, 0.6) is 0 Å². The van der Waals surface area contributed by atoms with Gasteiger partial charge < -0.3 is 15.9 Å². The first-order valence-corrected chi connectivity index (χ1v) is 8.64. The van der Waals surface area contributed by atoms with E-state index in [0.717, 1.165) is 28.9 Å². The Kier molecular flexibility index (Phi) is 5.23. The van der Waals surface area contributed by atoms with Gasteiger partial charge in [0.1, 0.15) is 0 Å². The van der Waals surface area contributed by atoms with E-state index >= 15 is 0 Å². The van der Waals surface area contributed by atoms with Gasteiger partial charge in [0, 0.05) is 0 Å². The normalized spacial score (nSPS) is 15.7. The second-order valence-corrected chi connectivity index (χ2v) is 6.53. The average Bonchev–Trinajstić information content (AvgIpc) is 2.68. The van der Waals surface area contributed by atoms with Gasteiger partial charge in [0.25, 0.3) is 0 Å². The van der Waals surface area contributed by atoms with Crippen molar-refractivity contribution in [3.63, 3.8) is 0 Å². The van der Waals surface area contributed by atoms with Crippen LogP contribution in [0.3, 0.4) is 0 Å². The molecule has 1 aliphatic rings. The quantitative estimate of drug-likeness (QED) is 0.712. The lowest BCUT2D eigenvalue weighted by Gasteiger charge is -2.30. The van der Waals surface area contributed by atoms with Gasteiger partial charge in [0.2, 0.25) is 0 Å². The van der Waals surface area contributed by atoms with Gasteiger partial charge in [-0.1, -0.05) is 24.3 Å². The molecule has 2 aromatic rings. The Hall–Kier alpha value is -3.19. The Morgan fingerprint density at radius 3 is 2.41 bits per heavy atom. The molecule has 1 amide bonds. The summed E-state index contributed by atoms with van der Waals surface area (Å²) < 4.78 is 0. The number of benzene rings is 2. The van der Waals surface area contributed by atoms with Crippen molar-refractivity contribution in [2.45, 2.75) is 19.3 Å². The van der Waals surface area contributed by atoms with Crippen LogP contribution in [0.1, 0.15) is 27.9 Å². The van der Waals surface area contributed by atoms with Gasteiger partial charge in [-0.05, 0) is 61.1 Å². The van der Waals surface area contributed by atoms with Crippen molar-refractivity contribution in [3.8, 4) is 0 Å². The first kappa shape index (κ1) is 18.6. The maximum atomic E-state index is 12.6. The molecule has 0 spiro atoms. The van der Waals surface area contributed by atoms with Crippen LogP contribution in [0.4, 0.5) is 11.4 Å². The van der Waals surface area contributed by atoms with Crippen molar-refractivity contribution < 1.29 is 24.6 Å². The van der Waals surface area contributed by atoms with Crippen LogP contribution in [0.25, 0.3) is 0 Å². The SMILES string of the molecule is NCC1CCc2cccc(N(C(=O)C(=O)O)c3ccccc3C(=O)O)c2C1. The molecule has 27 heavy (non-hydrogen) atoms. The number of aromatic carboxylic acids is 1. The molecule has 1 unspecified atom stereocenters. The minimum absolute atomic E-state index is 0.0284. The first-order valence-electron chi connectivity index (χ1n) is 8.64. The maximum absolute atomic E-state index is 12.6. The van der Waals surface area contributed by atoms with Crippen LogP contribution in [-0.2, 0) is 22.4 Å². The second-order valence-electron chi connectivity index (χ2n) is 6.53. The molecule has 0 aromatic heterocycles. The van der Waals surface area contributed by atoms with Crippen molar-refractivity contribution in [2.24, 2.45) is 11.7 Å². The van der Waals surface area contributed by atoms with Crippen LogP contribution >= 0.6 is 0 Å². The number of nitrogens with two attached hydrogens (primary N) is 1. The third-order valence-corrected chi connectivity index (χ3v) is 4.90. The van der Waals surface area contributed by atoms with E-state index in [1.807, 2.05) is 6.07 Å². The fourth-order valence-electron chi connectivity index (χ4n) is 3.55. The number of aliphatic carboxylic acids is 1. The molecule has 2 aromatic carbocycles. The number of carboxylic acids is 2. The van der Waals surface area contributed by atoms with E-state index in [1.165, 1.54) is 18.2 Å². The number of rotatable bonds is 4. The summed E-state index contributed by atoms with van der Waals surface area (Å²) >= 11 is 0. The zero-order valence-electron chi connectivity index (χ0n) is 14.6. The molecule has 7 nitrogen and oxygen atoms in total. The van der Waals surface area contributed by atoms with E-state index in [9.17, 15) is 24.6 Å². The second kappa shape index (κ2) is 7.59. The Labute approximate surface area is 156 Å². The lowest BCUT2D eigenvalue weighted by molar-refractivity contribution is -0.148. The number of hydrogen-bond acceptors (Lipinski definition) is 4. The summed E-state index contributed by atoms with van der Waals surface area (Å²) in [5.41, 5.74) is 7.96. The summed E-state index contributed by atoms with van der Waals surface area (Å²) in [5.74, 6) is -3.86. The van der Waals surface area contributed by atoms with E-state index in [1.54, 1.807) is 18.2 Å². The highest BCUT2D eigenvalue weighted by atomic mass is 16.4. The lowest BCUT2D eigenvalue weighted by Crippen LogP contribution is -2.35. The Bertz CT molecular complexity index is 909. The fourth-order valence-corrected chi connectivity index (χ4v) is 3.55. The molecule has 0 fully saturated rings. The number of nitrogens with zero attached hydrogens (tertiary/aromatic N) is 1. The van der Waals surface area contributed by atoms with Crippen molar-refractivity contribution in [3.05, 3.63) is 59.2 Å². The fraction of sp³-hybridized carbons (Fsp3) is 0.250. The molecule has 0 bridgehead atoms. The first-order chi connectivity index (χ1) is 12.9. The summed E-state index contributed by atoms with van der Waals surface area (Å²) in [6.07, 6.45) is 2.31. The van der Waals surface area contributed by atoms with Crippen LogP contribution in [-0.4, -0.2) is 34.6 Å². The molecule has 4 N–H and O–H groups in total. The number of carbonyl (C=O) groups excluding carboxylic acids is 1. The smallest absolute Gasteiger partial charge is 0.395 e. The van der Waals surface area contributed by atoms with Crippen molar-refractivity contribution in [2.75, 3.05) is 11.4 Å². The topological polar surface area (TPSA) is 121 Å². The molecule has 0 radical (unpaired) electrons. The van der Waals surface area contributed by atoms with Crippen LogP contribution in [0.15, 0.2) is 42.5 Å². The predicted molar refractivity (Wildman–Crippen MR) is 99.2 cm³/mol. The molecule has 140 valence electrons. The molecule has 0 saturated carbocycles. The summed E-state index contributed by atoms with van der Waals surface area (Å²) in [4.78, 5) is 36.7. The van der Waals surface area contributed by atoms with Gasteiger partial charge in [-0.25, -0.2) is 9.59 Å². The molecule has 0 saturated heterocycles. The molecule has 0 aliphatic heterocycles. The summed E-state index contributed by atoms with van der Waals surface area (Å²) in [5, 5.41) is 18.8.